The number of carbonyl (C=O) groups excluding carboxylic acids is 1. The molecule has 2 atom stereocenters. The maximum atomic E-state index is 13.2. The Kier molecular flexibility index (Phi) is 4.83. The van der Waals surface area contributed by atoms with Gasteiger partial charge in [0.25, 0.3) is 5.91 Å². The van der Waals surface area contributed by atoms with Gasteiger partial charge in [0, 0.05) is 22.4 Å². The van der Waals surface area contributed by atoms with Crippen molar-refractivity contribution in [1.82, 2.24) is 5.01 Å². The highest BCUT2D eigenvalue weighted by Crippen LogP contribution is 2.38. The van der Waals surface area contributed by atoms with Gasteiger partial charge in [0.2, 0.25) is 0 Å². The van der Waals surface area contributed by atoms with Crippen LogP contribution in [0.4, 0.5) is 0 Å². The van der Waals surface area contributed by atoms with Gasteiger partial charge in [0.05, 0.1) is 11.8 Å². The van der Waals surface area contributed by atoms with Crippen LogP contribution >= 0.6 is 15.9 Å². The monoisotopic (exact) mass is 420 g/mol. The smallest absolute Gasteiger partial charge is 0.267 e. The van der Waals surface area contributed by atoms with Gasteiger partial charge in [-0.2, -0.15) is 5.10 Å². The Hall–Kier alpha value is -2.46. The van der Waals surface area contributed by atoms with Crippen molar-refractivity contribution in [2.24, 2.45) is 11.0 Å². The van der Waals surface area contributed by atoms with Crippen LogP contribution < -0.4 is 0 Å². The Balaban J connectivity index is 1.78. The molecule has 0 fully saturated rings. The average Bonchev–Trinajstić information content (AvgIpc) is 3.12. The molecule has 1 amide bonds. The predicted molar refractivity (Wildman–Crippen MR) is 113 cm³/mol. The number of hydrogen-bond acceptors (Lipinski definition) is 2. The van der Waals surface area contributed by atoms with Gasteiger partial charge in [-0.05, 0) is 49.2 Å². The summed E-state index contributed by atoms with van der Waals surface area (Å²) in [5.41, 5.74) is 5.28. The van der Waals surface area contributed by atoms with Gasteiger partial charge in [0.1, 0.15) is 0 Å². The Morgan fingerprint density at radius 2 is 1.78 bits per heavy atom. The molecule has 4 heteroatoms. The topological polar surface area (TPSA) is 32.7 Å². The van der Waals surface area contributed by atoms with E-state index in [1.165, 1.54) is 11.1 Å². The Labute approximate surface area is 168 Å². The minimum Gasteiger partial charge on any atom is -0.267 e. The van der Waals surface area contributed by atoms with Crippen molar-refractivity contribution >= 4 is 27.5 Å². The van der Waals surface area contributed by atoms with Crippen LogP contribution in [0.25, 0.3) is 0 Å². The Bertz CT molecular complexity index is 954. The molecule has 0 aromatic heterocycles. The van der Waals surface area contributed by atoms with Crippen LogP contribution in [0.1, 0.15) is 36.2 Å². The molecule has 136 valence electrons. The van der Waals surface area contributed by atoms with E-state index in [9.17, 15) is 4.79 Å². The molecule has 0 saturated carbocycles. The molecule has 0 bridgehead atoms. The summed E-state index contributed by atoms with van der Waals surface area (Å²) in [6, 6.07) is 17.5. The summed E-state index contributed by atoms with van der Waals surface area (Å²) >= 11 is 3.49. The predicted octanol–water partition coefficient (Wildman–Crippen LogP) is 5.59. The summed E-state index contributed by atoms with van der Waals surface area (Å²) in [5.74, 6) is 0.193. The van der Waals surface area contributed by atoms with Crippen molar-refractivity contribution < 1.29 is 4.79 Å². The van der Waals surface area contributed by atoms with Gasteiger partial charge in [0.15, 0.2) is 0 Å². The van der Waals surface area contributed by atoms with Gasteiger partial charge in [-0.1, -0.05) is 64.0 Å². The molecular formula is C23H21BrN2O. The maximum Gasteiger partial charge on any atom is 0.274 e. The third kappa shape index (κ3) is 3.42. The molecule has 2 aromatic rings. The molecule has 0 saturated heterocycles. The lowest BCUT2D eigenvalue weighted by molar-refractivity contribution is 0.0676. The lowest BCUT2D eigenvalue weighted by atomic mass is 9.86. The van der Waals surface area contributed by atoms with Crippen LogP contribution in [0.2, 0.25) is 0 Å². The third-order valence-corrected chi connectivity index (χ3v) is 5.72. The summed E-state index contributed by atoms with van der Waals surface area (Å²) in [6.45, 7) is 4.27. The second-order valence-corrected chi connectivity index (χ2v) is 8.10. The van der Waals surface area contributed by atoms with E-state index >= 15 is 0 Å². The standard InChI is InChI=1S/C23H21BrN2O/c1-15(2)19-12-13-22-20(19)14-21(16-8-10-18(24)11-9-16)25-26(22)23(27)17-6-4-3-5-7-17/h3-13,20,22H,14H2,1-2H3/t20-,22+/m0/s1. The summed E-state index contributed by atoms with van der Waals surface area (Å²) in [5, 5.41) is 6.48. The first kappa shape index (κ1) is 17.9. The molecule has 4 rings (SSSR count). The number of hydrogen-bond donors (Lipinski definition) is 0. The number of rotatable bonds is 2. The molecule has 1 aliphatic carbocycles. The van der Waals surface area contributed by atoms with E-state index < -0.39 is 0 Å². The van der Waals surface area contributed by atoms with E-state index in [2.05, 4.69) is 54.1 Å². The maximum absolute atomic E-state index is 13.2. The van der Waals surface area contributed by atoms with Crippen LogP contribution in [-0.2, 0) is 0 Å². The van der Waals surface area contributed by atoms with Crippen molar-refractivity contribution in [1.29, 1.82) is 0 Å². The van der Waals surface area contributed by atoms with Crippen molar-refractivity contribution in [3.63, 3.8) is 0 Å². The van der Waals surface area contributed by atoms with E-state index in [0.29, 0.717) is 5.56 Å². The Morgan fingerprint density at radius 3 is 2.44 bits per heavy atom. The molecule has 2 aromatic carbocycles. The minimum atomic E-state index is -0.0560. The zero-order valence-electron chi connectivity index (χ0n) is 15.4. The normalized spacial score (nSPS) is 21.1. The summed E-state index contributed by atoms with van der Waals surface area (Å²) < 4.78 is 1.03. The summed E-state index contributed by atoms with van der Waals surface area (Å²) in [4.78, 5) is 13.2. The number of nitrogens with zero attached hydrogens (tertiary/aromatic N) is 2. The van der Waals surface area contributed by atoms with Gasteiger partial charge in [-0.25, -0.2) is 5.01 Å². The van der Waals surface area contributed by atoms with Crippen molar-refractivity contribution in [2.45, 2.75) is 26.3 Å². The number of benzene rings is 2. The number of allylic oxidation sites excluding steroid dienone is 2. The van der Waals surface area contributed by atoms with Gasteiger partial charge < -0.3 is 0 Å². The molecule has 0 unspecified atom stereocenters. The second kappa shape index (κ2) is 7.28. The molecule has 1 aliphatic heterocycles. The van der Waals surface area contributed by atoms with Crippen LogP contribution in [0.15, 0.2) is 87.5 Å². The average molecular weight is 421 g/mol. The molecule has 0 N–H and O–H groups in total. The third-order valence-electron chi connectivity index (χ3n) is 5.19. The molecular weight excluding hydrogens is 400 g/mol. The molecule has 1 heterocycles. The molecule has 0 radical (unpaired) electrons. The largest absolute Gasteiger partial charge is 0.274 e. The van der Waals surface area contributed by atoms with E-state index in [4.69, 9.17) is 5.10 Å². The first-order valence-electron chi connectivity index (χ1n) is 9.12. The van der Waals surface area contributed by atoms with Crippen LogP contribution in [0, 0.1) is 5.92 Å². The zero-order valence-corrected chi connectivity index (χ0v) is 17.0. The van der Waals surface area contributed by atoms with Gasteiger partial charge in [-0.3, -0.25) is 4.79 Å². The van der Waals surface area contributed by atoms with Crippen molar-refractivity contribution in [2.75, 3.05) is 0 Å². The number of halogens is 1. The van der Waals surface area contributed by atoms with Crippen molar-refractivity contribution in [3.8, 4) is 0 Å². The lowest BCUT2D eigenvalue weighted by Gasteiger charge is -2.35. The highest BCUT2D eigenvalue weighted by Gasteiger charge is 2.39. The fraction of sp³-hybridized carbons (Fsp3) is 0.217. The summed E-state index contributed by atoms with van der Waals surface area (Å²) in [6.07, 6.45) is 5.12. The fourth-order valence-electron chi connectivity index (χ4n) is 3.82. The highest BCUT2D eigenvalue weighted by molar-refractivity contribution is 9.10. The van der Waals surface area contributed by atoms with Crippen LogP contribution in [0.5, 0.6) is 0 Å². The highest BCUT2D eigenvalue weighted by atomic mass is 79.9. The van der Waals surface area contributed by atoms with E-state index in [-0.39, 0.29) is 17.9 Å². The van der Waals surface area contributed by atoms with Crippen LogP contribution in [0.3, 0.4) is 0 Å². The lowest BCUT2D eigenvalue weighted by Crippen LogP contribution is -2.43. The zero-order chi connectivity index (χ0) is 19.0. The van der Waals surface area contributed by atoms with E-state index in [0.717, 1.165) is 22.2 Å². The number of carbonyl (C=O) groups is 1. The van der Waals surface area contributed by atoms with Gasteiger partial charge in [-0.15, -0.1) is 0 Å². The molecule has 0 spiro atoms. The first-order valence-corrected chi connectivity index (χ1v) is 9.91. The number of amides is 1. The Morgan fingerprint density at radius 1 is 1.07 bits per heavy atom. The van der Waals surface area contributed by atoms with Crippen LogP contribution in [-0.4, -0.2) is 22.7 Å². The minimum absolute atomic E-state index is 0.0261. The SMILES string of the molecule is CC(C)=C1C=C[C@@H]2[C@H]1CC(c1ccc(Br)cc1)=NN2C(=O)c1ccccc1. The molecule has 2 aliphatic rings. The number of fused-ring (bicyclic) bond motifs is 1. The van der Waals surface area contributed by atoms with Gasteiger partial charge >= 0.3 is 0 Å². The molecule has 27 heavy (non-hydrogen) atoms. The van der Waals surface area contributed by atoms with Crippen molar-refractivity contribution in [3.05, 3.63) is 93.5 Å². The van der Waals surface area contributed by atoms with E-state index in [1.807, 2.05) is 42.5 Å². The molecule has 3 nitrogen and oxygen atoms in total. The summed E-state index contributed by atoms with van der Waals surface area (Å²) in [7, 11) is 0. The quantitative estimate of drug-likeness (QED) is 0.622. The number of hydrazone groups is 1. The fourth-order valence-corrected chi connectivity index (χ4v) is 4.09. The first-order chi connectivity index (χ1) is 13.0. The second-order valence-electron chi connectivity index (χ2n) is 7.19. The van der Waals surface area contributed by atoms with E-state index in [1.54, 1.807) is 5.01 Å².